The third-order valence-electron chi connectivity index (χ3n) is 2.35. The highest BCUT2D eigenvalue weighted by Crippen LogP contribution is 2.33. The summed E-state index contributed by atoms with van der Waals surface area (Å²) in [5.74, 6) is -1.19. The van der Waals surface area contributed by atoms with Gasteiger partial charge in [0.2, 0.25) is 0 Å². The number of hydrogen-bond donors (Lipinski definition) is 0. The first-order valence-electron chi connectivity index (χ1n) is 5.10. The molecule has 2 rings (SSSR count). The van der Waals surface area contributed by atoms with Gasteiger partial charge in [-0.3, -0.25) is 0 Å². The molecule has 1 unspecified atom stereocenters. The van der Waals surface area contributed by atoms with Crippen LogP contribution in [0.1, 0.15) is 23.7 Å². The van der Waals surface area contributed by atoms with Gasteiger partial charge in [0.1, 0.15) is 5.82 Å². The average Bonchev–Trinajstić information content (AvgIpc) is 2.77. The Hall–Kier alpha value is -1.70. The minimum absolute atomic E-state index is 0.0128. The Morgan fingerprint density at radius 2 is 2.00 bits per heavy atom. The zero-order valence-electron chi connectivity index (χ0n) is 9.49. The SMILES string of the molecule is CC(Cl)c1nnnn1-c1ccc(F)c(C(F)(F)F)c1. The molecule has 1 aromatic heterocycles. The highest BCUT2D eigenvalue weighted by atomic mass is 35.5. The predicted octanol–water partition coefficient (Wildman–Crippen LogP) is 3.12. The largest absolute Gasteiger partial charge is 0.419 e. The van der Waals surface area contributed by atoms with Crippen molar-refractivity contribution in [2.75, 3.05) is 0 Å². The van der Waals surface area contributed by atoms with Crippen LogP contribution in [0.25, 0.3) is 5.69 Å². The van der Waals surface area contributed by atoms with E-state index in [9.17, 15) is 17.6 Å². The van der Waals surface area contributed by atoms with Crippen LogP contribution in [0.4, 0.5) is 17.6 Å². The number of halogens is 5. The van der Waals surface area contributed by atoms with Crippen molar-refractivity contribution in [1.82, 2.24) is 20.2 Å². The molecule has 1 aromatic carbocycles. The van der Waals surface area contributed by atoms with E-state index in [1.54, 1.807) is 6.92 Å². The molecule has 0 N–H and O–H groups in total. The normalized spacial score (nSPS) is 13.6. The lowest BCUT2D eigenvalue weighted by Crippen LogP contribution is -2.11. The molecule has 0 aliphatic heterocycles. The second-order valence-electron chi connectivity index (χ2n) is 3.73. The van der Waals surface area contributed by atoms with Gasteiger partial charge < -0.3 is 0 Å². The lowest BCUT2D eigenvalue weighted by molar-refractivity contribution is -0.140. The fourth-order valence-electron chi connectivity index (χ4n) is 1.49. The summed E-state index contributed by atoms with van der Waals surface area (Å²) in [5, 5.41) is 9.88. The van der Waals surface area contributed by atoms with Crippen LogP contribution in [0, 0.1) is 5.82 Å². The van der Waals surface area contributed by atoms with Crippen LogP contribution in [0.15, 0.2) is 18.2 Å². The maximum atomic E-state index is 13.2. The molecule has 0 spiro atoms. The molecule has 0 saturated carbocycles. The van der Waals surface area contributed by atoms with Crippen LogP contribution in [-0.4, -0.2) is 20.2 Å². The quantitative estimate of drug-likeness (QED) is 0.631. The number of benzene rings is 1. The zero-order valence-corrected chi connectivity index (χ0v) is 10.2. The Morgan fingerprint density at radius 3 is 2.58 bits per heavy atom. The summed E-state index contributed by atoms with van der Waals surface area (Å²) in [6.45, 7) is 1.57. The van der Waals surface area contributed by atoms with Gasteiger partial charge in [-0.15, -0.1) is 16.7 Å². The van der Waals surface area contributed by atoms with Gasteiger partial charge in [0, 0.05) is 0 Å². The number of tetrazole rings is 1. The fraction of sp³-hybridized carbons (Fsp3) is 0.300. The molecule has 9 heteroatoms. The number of aromatic nitrogens is 4. The number of rotatable bonds is 2. The van der Waals surface area contributed by atoms with Crippen LogP contribution in [0.3, 0.4) is 0 Å². The Labute approximate surface area is 110 Å². The van der Waals surface area contributed by atoms with Crippen LogP contribution in [-0.2, 0) is 6.18 Å². The Morgan fingerprint density at radius 1 is 1.32 bits per heavy atom. The van der Waals surface area contributed by atoms with E-state index >= 15 is 0 Å². The van der Waals surface area contributed by atoms with Crippen molar-refractivity contribution in [3.63, 3.8) is 0 Å². The molecule has 19 heavy (non-hydrogen) atoms. The molecule has 4 nitrogen and oxygen atoms in total. The summed E-state index contributed by atoms with van der Waals surface area (Å²) in [4.78, 5) is 0. The lowest BCUT2D eigenvalue weighted by Gasteiger charge is -2.11. The Bertz CT molecular complexity index is 593. The van der Waals surface area contributed by atoms with Crippen LogP contribution >= 0.6 is 11.6 Å². The van der Waals surface area contributed by atoms with Gasteiger partial charge >= 0.3 is 6.18 Å². The number of hydrogen-bond acceptors (Lipinski definition) is 3. The van der Waals surface area contributed by atoms with Gasteiger partial charge in [0.15, 0.2) is 5.82 Å². The van der Waals surface area contributed by atoms with Crippen molar-refractivity contribution in [3.05, 3.63) is 35.4 Å². The minimum Gasteiger partial charge on any atom is -0.206 e. The first-order valence-corrected chi connectivity index (χ1v) is 5.54. The van der Waals surface area contributed by atoms with Crippen molar-refractivity contribution in [3.8, 4) is 5.69 Å². The van der Waals surface area contributed by atoms with Gasteiger partial charge in [0.05, 0.1) is 16.6 Å². The zero-order chi connectivity index (χ0) is 14.2. The molecule has 0 radical (unpaired) electrons. The topological polar surface area (TPSA) is 43.6 Å². The van der Waals surface area contributed by atoms with Crippen molar-refractivity contribution >= 4 is 11.6 Å². The van der Waals surface area contributed by atoms with Gasteiger partial charge in [-0.2, -0.15) is 17.9 Å². The van der Waals surface area contributed by atoms with E-state index < -0.39 is 22.9 Å². The van der Waals surface area contributed by atoms with E-state index in [4.69, 9.17) is 11.6 Å². The molecular weight excluding hydrogens is 288 g/mol. The van der Waals surface area contributed by atoms with Crippen LogP contribution in [0.5, 0.6) is 0 Å². The third kappa shape index (κ3) is 2.67. The van der Waals surface area contributed by atoms with Gasteiger partial charge in [-0.1, -0.05) is 0 Å². The van der Waals surface area contributed by atoms with Gasteiger partial charge in [0.25, 0.3) is 0 Å². The molecular formula is C10H7ClF4N4. The molecule has 102 valence electrons. The maximum absolute atomic E-state index is 13.2. The van der Waals surface area contributed by atoms with Gasteiger partial charge in [-0.25, -0.2) is 4.39 Å². The van der Waals surface area contributed by atoms with Crippen molar-refractivity contribution < 1.29 is 17.6 Å². The first kappa shape index (κ1) is 13.7. The molecule has 2 aromatic rings. The van der Waals surface area contributed by atoms with E-state index in [1.807, 2.05) is 0 Å². The van der Waals surface area contributed by atoms with E-state index in [2.05, 4.69) is 15.5 Å². The summed E-state index contributed by atoms with van der Waals surface area (Å²) in [6.07, 6.45) is -4.79. The van der Waals surface area contributed by atoms with Crippen molar-refractivity contribution in [1.29, 1.82) is 0 Å². The molecule has 1 atom stereocenters. The van der Waals surface area contributed by atoms with Crippen LogP contribution < -0.4 is 0 Å². The van der Waals surface area contributed by atoms with E-state index in [0.717, 1.165) is 10.7 Å². The average molecular weight is 295 g/mol. The Balaban J connectivity index is 2.55. The van der Waals surface area contributed by atoms with E-state index in [1.165, 1.54) is 0 Å². The highest BCUT2D eigenvalue weighted by molar-refractivity contribution is 6.20. The number of nitrogens with zero attached hydrogens (tertiary/aromatic N) is 4. The van der Waals surface area contributed by atoms with E-state index in [-0.39, 0.29) is 11.5 Å². The molecule has 0 amide bonds. The van der Waals surface area contributed by atoms with Crippen molar-refractivity contribution in [2.45, 2.75) is 18.5 Å². The first-order chi connectivity index (χ1) is 8.80. The Kier molecular flexibility index (Phi) is 3.44. The lowest BCUT2D eigenvalue weighted by atomic mass is 10.2. The monoisotopic (exact) mass is 294 g/mol. The summed E-state index contributed by atoms with van der Waals surface area (Å²) < 4.78 is 52.0. The molecule has 0 aliphatic carbocycles. The second-order valence-corrected chi connectivity index (χ2v) is 4.38. The fourth-order valence-corrected chi connectivity index (χ4v) is 1.62. The van der Waals surface area contributed by atoms with Crippen molar-refractivity contribution in [2.24, 2.45) is 0 Å². The molecule has 0 fully saturated rings. The predicted molar refractivity (Wildman–Crippen MR) is 58.4 cm³/mol. The third-order valence-corrected chi connectivity index (χ3v) is 2.54. The maximum Gasteiger partial charge on any atom is 0.419 e. The van der Waals surface area contributed by atoms with E-state index in [0.29, 0.717) is 12.1 Å². The molecule has 0 saturated heterocycles. The standard InChI is InChI=1S/C10H7ClF4N4/c1-5(11)9-16-17-18-19(9)6-2-3-8(12)7(4-6)10(13,14)15/h2-5H,1H3. The second kappa shape index (κ2) is 4.76. The van der Waals surface area contributed by atoms with Gasteiger partial charge in [-0.05, 0) is 35.5 Å². The smallest absolute Gasteiger partial charge is 0.206 e. The summed E-state index contributed by atoms with van der Waals surface area (Å²) >= 11 is 5.80. The highest BCUT2D eigenvalue weighted by Gasteiger charge is 2.34. The van der Waals surface area contributed by atoms with Crippen LogP contribution in [0.2, 0.25) is 0 Å². The number of alkyl halides is 4. The summed E-state index contributed by atoms with van der Waals surface area (Å²) in [5.41, 5.74) is -1.39. The molecule has 0 bridgehead atoms. The summed E-state index contributed by atoms with van der Waals surface area (Å²) in [6, 6.07) is 2.49. The summed E-state index contributed by atoms with van der Waals surface area (Å²) in [7, 11) is 0. The molecule has 0 aliphatic rings. The molecule has 1 heterocycles. The minimum atomic E-state index is -4.79.